The Balaban J connectivity index is 2.38. The van der Waals surface area contributed by atoms with E-state index in [4.69, 9.17) is 4.74 Å². The molecule has 0 heterocycles. The van der Waals surface area contributed by atoms with Gasteiger partial charge in [0.25, 0.3) is 5.91 Å². The van der Waals surface area contributed by atoms with Gasteiger partial charge in [-0.05, 0) is 49.6 Å². The molecule has 2 rings (SSSR count). The SMILES string of the molecule is COC(=O)c1ccccc1/C=C(\C#N)C(=O)Nc1c(C)cc(C)cc1C. The van der Waals surface area contributed by atoms with Gasteiger partial charge in [0.1, 0.15) is 11.6 Å². The number of aryl methyl sites for hydroxylation is 3. The quantitative estimate of drug-likeness (QED) is 0.515. The molecule has 1 N–H and O–H groups in total. The number of anilines is 1. The van der Waals surface area contributed by atoms with E-state index in [0.717, 1.165) is 16.7 Å². The number of nitrogens with zero attached hydrogens (tertiary/aromatic N) is 1. The number of nitrogens with one attached hydrogen (secondary N) is 1. The van der Waals surface area contributed by atoms with Crippen LogP contribution in [-0.2, 0) is 9.53 Å². The lowest BCUT2D eigenvalue weighted by Crippen LogP contribution is -2.15. The standard InChI is InChI=1S/C21H20N2O3/c1-13-9-14(2)19(15(3)10-13)23-20(24)17(12-22)11-16-7-5-6-8-18(16)21(25)26-4/h5-11H,1-4H3,(H,23,24)/b17-11+. The van der Waals surface area contributed by atoms with Crippen molar-refractivity contribution in [2.24, 2.45) is 0 Å². The van der Waals surface area contributed by atoms with E-state index in [1.54, 1.807) is 24.3 Å². The van der Waals surface area contributed by atoms with E-state index < -0.39 is 11.9 Å². The Bertz CT molecular complexity index is 914. The third-order valence-corrected chi connectivity index (χ3v) is 3.95. The van der Waals surface area contributed by atoms with E-state index in [-0.39, 0.29) is 5.57 Å². The molecule has 2 aromatic carbocycles. The molecule has 2 aromatic rings. The third-order valence-electron chi connectivity index (χ3n) is 3.95. The molecular weight excluding hydrogens is 328 g/mol. The van der Waals surface area contributed by atoms with Crippen LogP contribution in [0.1, 0.15) is 32.6 Å². The van der Waals surface area contributed by atoms with E-state index in [1.807, 2.05) is 39.0 Å². The van der Waals surface area contributed by atoms with Crippen molar-refractivity contribution in [2.75, 3.05) is 12.4 Å². The first kappa shape index (κ1) is 18.9. The van der Waals surface area contributed by atoms with Crippen LogP contribution in [0.2, 0.25) is 0 Å². The van der Waals surface area contributed by atoms with Gasteiger partial charge in [-0.1, -0.05) is 35.9 Å². The van der Waals surface area contributed by atoms with Crippen LogP contribution in [0.4, 0.5) is 5.69 Å². The molecule has 0 aromatic heterocycles. The van der Waals surface area contributed by atoms with Crippen molar-refractivity contribution in [1.82, 2.24) is 0 Å². The Hall–Kier alpha value is -3.39. The third kappa shape index (κ3) is 4.17. The first-order valence-electron chi connectivity index (χ1n) is 8.05. The first-order valence-corrected chi connectivity index (χ1v) is 8.05. The van der Waals surface area contributed by atoms with Crippen molar-refractivity contribution in [3.05, 3.63) is 69.8 Å². The second kappa shape index (κ2) is 8.13. The minimum absolute atomic E-state index is 0.0965. The summed E-state index contributed by atoms with van der Waals surface area (Å²) in [4.78, 5) is 24.4. The molecule has 0 bridgehead atoms. The van der Waals surface area contributed by atoms with Crippen molar-refractivity contribution in [3.8, 4) is 6.07 Å². The van der Waals surface area contributed by atoms with Crippen molar-refractivity contribution >= 4 is 23.6 Å². The van der Waals surface area contributed by atoms with Crippen molar-refractivity contribution in [2.45, 2.75) is 20.8 Å². The number of ether oxygens (including phenoxy) is 1. The summed E-state index contributed by atoms with van der Waals surface area (Å²) in [5, 5.41) is 12.2. The lowest BCUT2D eigenvalue weighted by molar-refractivity contribution is -0.112. The molecule has 5 heteroatoms. The molecule has 0 saturated heterocycles. The van der Waals surface area contributed by atoms with Gasteiger partial charge in [0.05, 0.1) is 12.7 Å². The molecule has 0 spiro atoms. The fourth-order valence-electron chi connectivity index (χ4n) is 2.78. The highest BCUT2D eigenvalue weighted by Gasteiger charge is 2.15. The molecule has 0 aliphatic carbocycles. The lowest BCUT2D eigenvalue weighted by atomic mass is 10.0. The number of carbonyl (C=O) groups is 2. The predicted octanol–water partition coefficient (Wildman–Crippen LogP) is 3.94. The Morgan fingerprint density at radius 2 is 1.73 bits per heavy atom. The van der Waals surface area contributed by atoms with Crippen LogP contribution in [0.3, 0.4) is 0 Å². The normalized spacial score (nSPS) is 10.8. The maximum atomic E-state index is 12.6. The van der Waals surface area contributed by atoms with Gasteiger partial charge in [0, 0.05) is 5.69 Å². The predicted molar refractivity (Wildman–Crippen MR) is 101 cm³/mol. The number of carbonyl (C=O) groups excluding carboxylic acids is 2. The van der Waals surface area contributed by atoms with Crippen LogP contribution in [0.15, 0.2) is 42.0 Å². The number of esters is 1. The minimum atomic E-state index is -0.528. The molecular formula is C21H20N2O3. The fraction of sp³-hybridized carbons (Fsp3) is 0.190. The summed E-state index contributed by atoms with van der Waals surface area (Å²) in [6.07, 6.45) is 1.39. The number of benzene rings is 2. The summed E-state index contributed by atoms with van der Waals surface area (Å²) in [5.74, 6) is -1.05. The van der Waals surface area contributed by atoms with Crippen LogP contribution in [-0.4, -0.2) is 19.0 Å². The molecule has 0 saturated carbocycles. The minimum Gasteiger partial charge on any atom is -0.465 e. The van der Waals surface area contributed by atoms with Crippen LogP contribution in [0.25, 0.3) is 6.08 Å². The lowest BCUT2D eigenvalue weighted by Gasteiger charge is -2.12. The number of hydrogen-bond acceptors (Lipinski definition) is 4. The Kier molecular flexibility index (Phi) is 5.92. The van der Waals surface area contributed by atoms with E-state index in [2.05, 4.69) is 5.32 Å². The van der Waals surface area contributed by atoms with Crippen LogP contribution in [0.5, 0.6) is 0 Å². The number of amides is 1. The molecule has 0 aliphatic rings. The van der Waals surface area contributed by atoms with Gasteiger partial charge in [-0.3, -0.25) is 4.79 Å². The van der Waals surface area contributed by atoms with Gasteiger partial charge in [0.2, 0.25) is 0 Å². The summed E-state index contributed by atoms with van der Waals surface area (Å²) in [5.41, 5.74) is 4.26. The number of hydrogen-bond donors (Lipinski definition) is 1. The Labute approximate surface area is 152 Å². The zero-order chi connectivity index (χ0) is 19.3. The monoisotopic (exact) mass is 348 g/mol. The second-order valence-corrected chi connectivity index (χ2v) is 5.98. The summed E-state index contributed by atoms with van der Waals surface area (Å²) in [6, 6.07) is 12.5. The van der Waals surface area contributed by atoms with Crippen LogP contribution >= 0.6 is 0 Å². The van der Waals surface area contributed by atoms with Gasteiger partial charge in [-0.25, -0.2) is 4.79 Å². The molecule has 0 unspecified atom stereocenters. The molecule has 0 atom stereocenters. The van der Waals surface area contributed by atoms with Gasteiger partial charge in [-0.15, -0.1) is 0 Å². The molecule has 26 heavy (non-hydrogen) atoms. The van der Waals surface area contributed by atoms with E-state index >= 15 is 0 Å². The topological polar surface area (TPSA) is 79.2 Å². The summed E-state index contributed by atoms with van der Waals surface area (Å²) >= 11 is 0. The summed E-state index contributed by atoms with van der Waals surface area (Å²) in [6.45, 7) is 5.78. The number of nitriles is 1. The van der Waals surface area contributed by atoms with Gasteiger partial charge in [-0.2, -0.15) is 5.26 Å². The highest BCUT2D eigenvalue weighted by molar-refractivity contribution is 6.11. The maximum Gasteiger partial charge on any atom is 0.338 e. The maximum absolute atomic E-state index is 12.6. The smallest absolute Gasteiger partial charge is 0.338 e. The van der Waals surface area contributed by atoms with Gasteiger partial charge < -0.3 is 10.1 Å². The van der Waals surface area contributed by atoms with Crippen molar-refractivity contribution in [3.63, 3.8) is 0 Å². The fourth-order valence-corrected chi connectivity index (χ4v) is 2.78. The molecule has 0 radical (unpaired) electrons. The number of methoxy groups -OCH3 is 1. The van der Waals surface area contributed by atoms with Crippen molar-refractivity contribution in [1.29, 1.82) is 5.26 Å². The average molecular weight is 348 g/mol. The first-order chi connectivity index (χ1) is 12.4. The Morgan fingerprint density at radius 1 is 1.12 bits per heavy atom. The summed E-state index contributed by atoms with van der Waals surface area (Å²) in [7, 11) is 1.28. The molecule has 0 fully saturated rings. The van der Waals surface area contributed by atoms with Gasteiger partial charge >= 0.3 is 5.97 Å². The zero-order valence-electron chi connectivity index (χ0n) is 15.2. The highest BCUT2D eigenvalue weighted by Crippen LogP contribution is 2.23. The highest BCUT2D eigenvalue weighted by atomic mass is 16.5. The van der Waals surface area contributed by atoms with Crippen LogP contribution < -0.4 is 5.32 Å². The number of rotatable bonds is 4. The molecule has 132 valence electrons. The molecule has 5 nitrogen and oxygen atoms in total. The van der Waals surface area contributed by atoms with Crippen LogP contribution in [0, 0.1) is 32.1 Å². The zero-order valence-corrected chi connectivity index (χ0v) is 15.2. The van der Waals surface area contributed by atoms with E-state index in [1.165, 1.54) is 13.2 Å². The molecule has 0 aliphatic heterocycles. The van der Waals surface area contributed by atoms with E-state index in [9.17, 15) is 14.9 Å². The Morgan fingerprint density at radius 3 is 2.31 bits per heavy atom. The van der Waals surface area contributed by atoms with Gasteiger partial charge in [0.15, 0.2) is 0 Å². The average Bonchev–Trinajstić information content (AvgIpc) is 2.62. The largest absolute Gasteiger partial charge is 0.465 e. The van der Waals surface area contributed by atoms with Crippen molar-refractivity contribution < 1.29 is 14.3 Å². The summed E-state index contributed by atoms with van der Waals surface area (Å²) < 4.78 is 4.74. The van der Waals surface area contributed by atoms with E-state index in [0.29, 0.717) is 16.8 Å². The second-order valence-electron chi connectivity index (χ2n) is 5.98. The molecule has 1 amide bonds.